The third-order valence-corrected chi connectivity index (χ3v) is 11.3. The standard InChI is InChI=1S/C47H28N2O2S/c1-2-11-31(12-3-1)47-48-39-26-27-41-44(45(39)51-47)38-25-24-33(28-42(38)50-41)49(40-18-9-17-37-36-15-6-7-19-43(36)52-46(37)40)32-22-20-30(21-23-32)35-16-8-13-29-10-4-5-14-34(29)35/h1-28H. The van der Waals surface area contributed by atoms with Crippen molar-refractivity contribution < 1.29 is 8.83 Å². The Hall–Kier alpha value is -6.69. The number of furan rings is 1. The van der Waals surface area contributed by atoms with E-state index in [4.69, 9.17) is 13.8 Å². The number of oxazole rings is 1. The molecule has 0 radical (unpaired) electrons. The second kappa shape index (κ2) is 11.4. The Labute approximate surface area is 302 Å². The SMILES string of the molecule is c1ccc(-c2nc3ccc4oc5cc(N(c6ccc(-c7cccc8ccccc78)cc6)c6cccc7c6sc6ccccc67)ccc5c4c3o2)cc1. The molecule has 5 heteroatoms. The number of benzene rings is 8. The van der Waals surface area contributed by atoms with Gasteiger partial charge in [-0.3, -0.25) is 0 Å². The van der Waals surface area contributed by atoms with E-state index < -0.39 is 0 Å². The lowest BCUT2D eigenvalue weighted by Crippen LogP contribution is -2.10. The number of thiophene rings is 1. The number of hydrogen-bond acceptors (Lipinski definition) is 5. The van der Waals surface area contributed by atoms with Crippen molar-refractivity contribution in [2.75, 3.05) is 4.90 Å². The van der Waals surface area contributed by atoms with Crippen molar-refractivity contribution in [2.24, 2.45) is 0 Å². The van der Waals surface area contributed by atoms with Gasteiger partial charge in [0.1, 0.15) is 16.7 Å². The van der Waals surface area contributed by atoms with Gasteiger partial charge in [0, 0.05) is 43.9 Å². The predicted molar refractivity (Wildman–Crippen MR) is 217 cm³/mol. The summed E-state index contributed by atoms with van der Waals surface area (Å²) in [4.78, 5) is 7.18. The van der Waals surface area contributed by atoms with Crippen molar-refractivity contribution in [1.29, 1.82) is 0 Å². The van der Waals surface area contributed by atoms with E-state index in [1.54, 1.807) is 0 Å². The topological polar surface area (TPSA) is 42.4 Å². The van der Waals surface area contributed by atoms with Crippen LogP contribution in [0.25, 0.3) is 86.6 Å². The summed E-state index contributed by atoms with van der Waals surface area (Å²) in [5.74, 6) is 0.601. The maximum absolute atomic E-state index is 6.58. The first-order chi connectivity index (χ1) is 25.8. The molecule has 0 atom stereocenters. The zero-order valence-electron chi connectivity index (χ0n) is 27.8. The number of aromatic nitrogens is 1. The van der Waals surface area contributed by atoms with Gasteiger partial charge in [0.15, 0.2) is 5.58 Å². The van der Waals surface area contributed by atoms with Gasteiger partial charge >= 0.3 is 0 Å². The molecule has 3 heterocycles. The van der Waals surface area contributed by atoms with Crippen molar-refractivity contribution in [2.45, 2.75) is 0 Å². The Morgan fingerprint density at radius 3 is 2.15 bits per heavy atom. The van der Waals surface area contributed by atoms with Gasteiger partial charge in [0.2, 0.25) is 5.89 Å². The molecule has 0 saturated carbocycles. The molecule has 0 bridgehead atoms. The molecule has 0 fully saturated rings. The van der Waals surface area contributed by atoms with Crippen molar-refractivity contribution in [1.82, 2.24) is 4.98 Å². The monoisotopic (exact) mass is 684 g/mol. The van der Waals surface area contributed by atoms with Crippen LogP contribution in [0.2, 0.25) is 0 Å². The number of anilines is 3. The minimum atomic E-state index is 0.601. The van der Waals surface area contributed by atoms with Gasteiger partial charge in [-0.05, 0) is 82.6 Å². The van der Waals surface area contributed by atoms with Crippen LogP contribution in [0, 0.1) is 0 Å². The average Bonchev–Trinajstić information content (AvgIpc) is 3.92. The van der Waals surface area contributed by atoms with E-state index in [0.717, 1.165) is 55.7 Å². The molecule has 52 heavy (non-hydrogen) atoms. The van der Waals surface area contributed by atoms with Gasteiger partial charge in [-0.2, -0.15) is 0 Å². The molecule has 0 saturated heterocycles. The fourth-order valence-electron chi connectivity index (χ4n) is 7.68. The summed E-state index contributed by atoms with van der Waals surface area (Å²) >= 11 is 1.83. The molecule has 0 spiro atoms. The van der Waals surface area contributed by atoms with E-state index in [1.165, 1.54) is 42.1 Å². The first kappa shape index (κ1) is 29.1. The number of rotatable bonds is 5. The molecule has 0 N–H and O–H groups in total. The van der Waals surface area contributed by atoms with Crippen LogP contribution >= 0.6 is 11.3 Å². The van der Waals surface area contributed by atoms with E-state index in [9.17, 15) is 0 Å². The highest BCUT2D eigenvalue weighted by atomic mass is 32.1. The van der Waals surface area contributed by atoms with Crippen LogP contribution in [0.1, 0.15) is 0 Å². The van der Waals surface area contributed by atoms with E-state index in [2.05, 4.69) is 132 Å². The molecule has 0 unspecified atom stereocenters. The van der Waals surface area contributed by atoms with Crippen LogP contribution in [-0.4, -0.2) is 4.98 Å². The Kier molecular flexibility index (Phi) is 6.39. The molecule has 3 aromatic heterocycles. The summed E-state index contributed by atoms with van der Waals surface area (Å²) in [6, 6.07) is 59.8. The Morgan fingerprint density at radius 2 is 1.25 bits per heavy atom. The quantitative estimate of drug-likeness (QED) is 0.181. The van der Waals surface area contributed by atoms with Gasteiger partial charge in [0.05, 0.1) is 15.8 Å². The summed E-state index contributed by atoms with van der Waals surface area (Å²) in [5, 5.41) is 6.94. The molecule has 244 valence electrons. The molecule has 11 aromatic rings. The van der Waals surface area contributed by atoms with Crippen molar-refractivity contribution >= 4 is 92.4 Å². The van der Waals surface area contributed by atoms with Crippen LogP contribution in [0.4, 0.5) is 17.1 Å². The Morgan fingerprint density at radius 1 is 0.500 bits per heavy atom. The van der Waals surface area contributed by atoms with Gasteiger partial charge < -0.3 is 13.7 Å². The molecule has 4 nitrogen and oxygen atoms in total. The highest BCUT2D eigenvalue weighted by Gasteiger charge is 2.21. The zero-order chi connectivity index (χ0) is 34.2. The Balaban J connectivity index is 1.10. The van der Waals surface area contributed by atoms with Gasteiger partial charge in [-0.25, -0.2) is 4.98 Å². The van der Waals surface area contributed by atoms with Gasteiger partial charge in [-0.1, -0.05) is 103 Å². The largest absolute Gasteiger partial charge is 0.456 e. The second-order valence-corrected chi connectivity index (χ2v) is 14.2. The van der Waals surface area contributed by atoms with Crippen molar-refractivity contribution in [3.63, 3.8) is 0 Å². The van der Waals surface area contributed by atoms with Crippen LogP contribution in [0.15, 0.2) is 179 Å². The highest BCUT2D eigenvalue weighted by Crippen LogP contribution is 2.46. The third kappa shape index (κ3) is 4.50. The highest BCUT2D eigenvalue weighted by molar-refractivity contribution is 7.26. The first-order valence-corrected chi connectivity index (χ1v) is 18.2. The second-order valence-electron chi connectivity index (χ2n) is 13.1. The molecular formula is C47H28N2O2S. The molecule has 8 aromatic carbocycles. The third-order valence-electron chi connectivity index (χ3n) is 10.1. The lowest BCUT2D eigenvalue weighted by atomic mass is 9.98. The molecule has 0 aliphatic heterocycles. The maximum atomic E-state index is 6.58. The van der Waals surface area contributed by atoms with E-state index >= 15 is 0 Å². The molecular weight excluding hydrogens is 657 g/mol. The number of fused-ring (bicyclic) bond motifs is 9. The normalized spacial score (nSPS) is 11.8. The summed E-state index contributed by atoms with van der Waals surface area (Å²) in [6.45, 7) is 0. The summed E-state index contributed by atoms with van der Waals surface area (Å²) in [6.07, 6.45) is 0. The fourth-order valence-corrected chi connectivity index (χ4v) is 8.89. The van der Waals surface area contributed by atoms with Crippen molar-refractivity contribution in [3.05, 3.63) is 170 Å². The first-order valence-electron chi connectivity index (χ1n) is 17.4. The van der Waals surface area contributed by atoms with E-state index in [-0.39, 0.29) is 0 Å². The minimum Gasteiger partial charge on any atom is -0.456 e. The average molecular weight is 685 g/mol. The molecule has 0 amide bonds. The summed E-state index contributed by atoms with van der Waals surface area (Å²) in [5.41, 5.74) is 9.65. The van der Waals surface area contributed by atoms with Gasteiger partial charge in [-0.15, -0.1) is 11.3 Å². The maximum Gasteiger partial charge on any atom is 0.227 e. The lowest BCUT2D eigenvalue weighted by molar-refractivity contribution is 0.622. The minimum absolute atomic E-state index is 0.601. The van der Waals surface area contributed by atoms with E-state index in [0.29, 0.717) is 5.89 Å². The number of nitrogens with zero attached hydrogens (tertiary/aromatic N) is 2. The number of hydrogen-bond donors (Lipinski definition) is 0. The van der Waals surface area contributed by atoms with Crippen LogP contribution in [-0.2, 0) is 0 Å². The van der Waals surface area contributed by atoms with Crippen LogP contribution in [0.5, 0.6) is 0 Å². The zero-order valence-corrected chi connectivity index (χ0v) is 28.6. The predicted octanol–water partition coefficient (Wildman–Crippen LogP) is 14.1. The summed E-state index contributed by atoms with van der Waals surface area (Å²) < 4.78 is 15.5. The van der Waals surface area contributed by atoms with Crippen LogP contribution in [0.3, 0.4) is 0 Å². The molecule has 0 aliphatic rings. The molecule has 11 rings (SSSR count). The lowest BCUT2D eigenvalue weighted by Gasteiger charge is -2.26. The fraction of sp³-hybridized carbons (Fsp3) is 0. The van der Waals surface area contributed by atoms with E-state index in [1.807, 2.05) is 53.8 Å². The van der Waals surface area contributed by atoms with Crippen LogP contribution < -0.4 is 4.90 Å². The smallest absolute Gasteiger partial charge is 0.227 e. The van der Waals surface area contributed by atoms with Gasteiger partial charge in [0.25, 0.3) is 0 Å². The molecule has 0 aliphatic carbocycles. The Bertz CT molecular complexity index is 3130. The summed E-state index contributed by atoms with van der Waals surface area (Å²) in [7, 11) is 0. The van der Waals surface area contributed by atoms with Crippen molar-refractivity contribution in [3.8, 4) is 22.6 Å².